The van der Waals surface area contributed by atoms with Gasteiger partial charge in [-0.3, -0.25) is 4.57 Å². The topological polar surface area (TPSA) is 155 Å². The molecule has 1 fully saturated rings. The lowest BCUT2D eigenvalue weighted by atomic mass is 10.0. The van der Waals surface area contributed by atoms with Gasteiger partial charge in [-0.05, 0) is 0 Å². The predicted molar refractivity (Wildman–Crippen MR) is 75.4 cm³/mol. The van der Waals surface area contributed by atoms with Crippen LogP contribution in [-0.2, 0) is 4.74 Å². The van der Waals surface area contributed by atoms with Crippen LogP contribution in [0, 0.1) is 17.2 Å². The highest BCUT2D eigenvalue weighted by molar-refractivity contribution is 5.84. The summed E-state index contributed by atoms with van der Waals surface area (Å²) in [4.78, 5) is 12.4. The minimum atomic E-state index is -1.10. The van der Waals surface area contributed by atoms with Gasteiger partial charge >= 0.3 is 0 Å². The van der Waals surface area contributed by atoms with E-state index in [9.17, 15) is 15.5 Å². The Morgan fingerprint density at radius 2 is 2.32 bits per heavy atom. The Kier molecular flexibility index (Phi) is 3.53. The van der Waals surface area contributed by atoms with Crippen LogP contribution in [0.3, 0.4) is 0 Å². The lowest BCUT2D eigenvalue weighted by Gasteiger charge is -2.15. The molecule has 0 bridgehead atoms. The van der Waals surface area contributed by atoms with Crippen molar-refractivity contribution in [2.24, 2.45) is 5.92 Å². The van der Waals surface area contributed by atoms with Gasteiger partial charge < -0.3 is 26.0 Å². The number of aliphatic hydroxyl groups excluding tert-OH is 2. The first-order valence-electron chi connectivity index (χ1n) is 6.62. The van der Waals surface area contributed by atoms with Gasteiger partial charge in [-0.25, -0.2) is 4.98 Å². The fourth-order valence-corrected chi connectivity index (χ4v) is 2.57. The molecule has 1 saturated heterocycles. The molecule has 1 aliphatic rings. The highest BCUT2D eigenvalue weighted by Gasteiger charge is 2.45. The van der Waals surface area contributed by atoms with Crippen molar-refractivity contribution in [2.45, 2.75) is 18.4 Å². The van der Waals surface area contributed by atoms with Crippen molar-refractivity contribution in [1.29, 1.82) is 5.26 Å². The third kappa shape index (κ3) is 2.03. The number of imidazole rings is 1. The molecule has 2 aromatic rings. The number of hydrogen-bond donors (Lipinski definition) is 4. The van der Waals surface area contributed by atoms with Gasteiger partial charge in [0.25, 0.3) is 0 Å². The first-order valence-corrected chi connectivity index (χ1v) is 6.62. The van der Waals surface area contributed by atoms with Crippen LogP contribution >= 0.6 is 0 Å². The summed E-state index contributed by atoms with van der Waals surface area (Å²) in [5.41, 5.74) is 6.53. The summed E-state index contributed by atoms with van der Waals surface area (Å²) in [5.74, 6) is -0.361. The van der Waals surface area contributed by atoms with E-state index in [0.29, 0.717) is 17.0 Å². The zero-order chi connectivity index (χ0) is 15.9. The van der Waals surface area contributed by atoms with Crippen LogP contribution in [0.2, 0.25) is 0 Å². The van der Waals surface area contributed by atoms with E-state index in [1.807, 2.05) is 6.07 Å². The summed E-state index contributed by atoms with van der Waals surface area (Å²) in [6, 6.07) is 2.00. The molecule has 116 valence electrons. The van der Waals surface area contributed by atoms with Crippen molar-refractivity contribution in [1.82, 2.24) is 19.5 Å². The van der Waals surface area contributed by atoms with E-state index >= 15 is 0 Å². The van der Waals surface area contributed by atoms with Crippen LogP contribution in [0.4, 0.5) is 11.8 Å². The number of aliphatic hydroxyl groups is 2. The van der Waals surface area contributed by atoms with Crippen molar-refractivity contribution < 1.29 is 14.9 Å². The molecule has 22 heavy (non-hydrogen) atoms. The van der Waals surface area contributed by atoms with Crippen molar-refractivity contribution in [3.8, 4) is 6.07 Å². The number of hydrogen-bond acceptors (Lipinski definition) is 9. The smallest absolute Gasteiger partial charge is 0.224 e. The fraction of sp³-hybridized carbons (Fsp3) is 0.500. The van der Waals surface area contributed by atoms with Crippen molar-refractivity contribution in [3.63, 3.8) is 0 Å². The molecule has 0 unspecified atom stereocenters. The number of nitriles is 1. The van der Waals surface area contributed by atoms with Crippen molar-refractivity contribution in [2.75, 3.05) is 24.7 Å². The summed E-state index contributed by atoms with van der Waals surface area (Å²) < 4.78 is 7.09. The quantitative estimate of drug-likeness (QED) is 0.549. The average molecular weight is 305 g/mol. The van der Waals surface area contributed by atoms with Crippen LogP contribution in [-0.4, -0.2) is 55.6 Å². The Morgan fingerprint density at radius 1 is 1.55 bits per heavy atom. The second-order valence-electron chi connectivity index (χ2n) is 4.90. The maximum absolute atomic E-state index is 10.0. The number of nitrogens with two attached hydrogens (primary N) is 1. The van der Waals surface area contributed by atoms with E-state index in [1.165, 1.54) is 10.9 Å². The maximum atomic E-state index is 10.0. The summed E-state index contributed by atoms with van der Waals surface area (Å²) in [7, 11) is 1.68. The molecule has 0 aromatic carbocycles. The Bertz CT molecular complexity index is 740. The third-order valence-corrected chi connectivity index (χ3v) is 3.65. The number of aromatic nitrogens is 4. The molecule has 3 rings (SSSR count). The molecule has 3 heterocycles. The van der Waals surface area contributed by atoms with Crippen LogP contribution in [0.15, 0.2) is 6.33 Å². The molecule has 0 amide bonds. The summed E-state index contributed by atoms with van der Waals surface area (Å²) in [5, 5.41) is 31.4. The molecule has 1 aliphatic heterocycles. The van der Waals surface area contributed by atoms with Crippen molar-refractivity contribution in [3.05, 3.63) is 6.33 Å². The predicted octanol–water partition coefficient (Wildman–Crippen LogP) is -1.16. The van der Waals surface area contributed by atoms with Gasteiger partial charge in [0.2, 0.25) is 5.95 Å². The van der Waals surface area contributed by atoms with E-state index in [1.54, 1.807) is 7.05 Å². The fourth-order valence-electron chi connectivity index (χ4n) is 2.57. The lowest BCUT2D eigenvalue weighted by molar-refractivity contribution is -0.0441. The number of fused-ring (bicyclic) bond motifs is 1. The Balaban J connectivity index is 2.11. The molecule has 5 N–H and O–H groups in total. The zero-order valence-electron chi connectivity index (χ0n) is 11.7. The van der Waals surface area contributed by atoms with Gasteiger partial charge in [-0.15, -0.1) is 0 Å². The maximum Gasteiger partial charge on any atom is 0.224 e. The largest absolute Gasteiger partial charge is 0.394 e. The van der Waals surface area contributed by atoms with Gasteiger partial charge in [-0.2, -0.15) is 15.2 Å². The van der Waals surface area contributed by atoms with Gasteiger partial charge in [0, 0.05) is 7.05 Å². The average Bonchev–Trinajstić information content (AvgIpc) is 3.06. The number of nitrogen functional groups attached to an aromatic ring is 1. The molecular formula is C12H15N7O3. The van der Waals surface area contributed by atoms with E-state index in [0.717, 1.165) is 0 Å². The summed E-state index contributed by atoms with van der Waals surface area (Å²) in [6.07, 6.45) is -1.31. The van der Waals surface area contributed by atoms with Crippen LogP contribution in [0.5, 0.6) is 0 Å². The second-order valence-corrected chi connectivity index (χ2v) is 4.90. The standard InChI is InChI=1S/C12H15N7O3/c1-15-9-7-10(18-12(14)17-9)19(4-16-7)11-5(2-13)8(21)6(3-20)22-11/h4-6,8,11,20-21H,3H2,1H3,(H3,14,15,17,18)/t5-,6+,8-,11+/m0/s1. The molecule has 0 spiro atoms. The van der Waals surface area contributed by atoms with Crippen molar-refractivity contribution >= 4 is 22.9 Å². The van der Waals surface area contributed by atoms with Gasteiger partial charge in [0.15, 0.2) is 23.2 Å². The lowest BCUT2D eigenvalue weighted by Crippen LogP contribution is -2.28. The summed E-state index contributed by atoms with van der Waals surface area (Å²) >= 11 is 0. The first-order chi connectivity index (χ1) is 10.6. The third-order valence-electron chi connectivity index (χ3n) is 3.65. The van der Waals surface area contributed by atoms with E-state index < -0.39 is 24.4 Å². The minimum Gasteiger partial charge on any atom is -0.394 e. The number of nitrogens with one attached hydrogen (secondary N) is 1. The molecule has 10 heteroatoms. The highest BCUT2D eigenvalue weighted by Crippen LogP contribution is 2.36. The zero-order valence-corrected chi connectivity index (χ0v) is 11.7. The monoisotopic (exact) mass is 305 g/mol. The van der Waals surface area contributed by atoms with E-state index in [2.05, 4.69) is 20.3 Å². The summed E-state index contributed by atoms with van der Waals surface area (Å²) in [6.45, 7) is -0.388. The van der Waals surface area contributed by atoms with Crippen LogP contribution in [0.25, 0.3) is 11.2 Å². The highest BCUT2D eigenvalue weighted by atomic mass is 16.5. The number of ether oxygens (including phenoxy) is 1. The minimum absolute atomic E-state index is 0.0457. The molecular weight excluding hydrogens is 290 g/mol. The Labute approximate surface area is 125 Å². The van der Waals surface area contributed by atoms with Gasteiger partial charge in [-0.1, -0.05) is 0 Å². The van der Waals surface area contributed by atoms with Crippen LogP contribution in [0.1, 0.15) is 6.23 Å². The van der Waals surface area contributed by atoms with E-state index in [-0.39, 0.29) is 12.6 Å². The number of nitrogens with zero attached hydrogens (tertiary/aromatic N) is 5. The number of anilines is 2. The molecule has 4 atom stereocenters. The first kappa shape index (κ1) is 14.5. The van der Waals surface area contributed by atoms with E-state index in [4.69, 9.17) is 10.5 Å². The Morgan fingerprint density at radius 3 is 2.95 bits per heavy atom. The van der Waals surface area contributed by atoms with Gasteiger partial charge in [0.1, 0.15) is 18.1 Å². The molecule has 2 aromatic heterocycles. The molecule has 0 aliphatic carbocycles. The molecule has 10 nitrogen and oxygen atoms in total. The van der Waals surface area contributed by atoms with Gasteiger partial charge in [0.05, 0.1) is 19.0 Å². The van der Waals surface area contributed by atoms with Crippen LogP contribution < -0.4 is 11.1 Å². The SMILES string of the molecule is CNc1nc(N)nc2c1ncn2[C@@H]1O[C@H](CO)[C@@H](O)[C@@H]1C#N. The number of rotatable bonds is 3. The molecule has 0 saturated carbocycles. The second kappa shape index (κ2) is 5.38. The molecule has 0 radical (unpaired) electrons. The Hall–Kier alpha value is -2.48. The normalized spacial score (nSPS) is 27.9.